The van der Waals surface area contributed by atoms with Crippen LogP contribution < -0.4 is 21.5 Å². The minimum absolute atomic E-state index is 0.0593. The van der Waals surface area contributed by atoms with Crippen LogP contribution in [-0.4, -0.2) is 22.5 Å². The van der Waals surface area contributed by atoms with Crippen molar-refractivity contribution >= 4 is 23.3 Å². The molecule has 7 heteroatoms. The Morgan fingerprint density at radius 1 is 0.966 bits per heavy atom. The van der Waals surface area contributed by atoms with E-state index in [2.05, 4.69) is 16.0 Å². The summed E-state index contributed by atoms with van der Waals surface area (Å²) >= 11 is 0. The Hall–Kier alpha value is -3.09. The van der Waals surface area contributed by atoms with Gasteiger partial charge in [0, 0.05) is 17.4 Å². The Morgan fingerprint density at radius 2 is 1.66 bits per heavy atom. The average molecular weight is 396 g/mol. The van der Waals surface area contributed by atoms with Crippen LogP contribution in [0, 0.1) is 13.8 Å². The fourth-order valence-electron chi connectivity index (χ4n) is 3.55. The zero-order chi connectivity index (χ0) is 20.8. The number of amides is 3. The third-order valence-corrected chi connectivity index (χ3v) is 5.22. The van der Waals surface area contributed by atoms with E-state index in [1.165, 1.54) is 11.0 Å². The van der Waals surface area contributed by atoms with Crippen LogP contribution >= 0.6 is 0 Å². The van der Waals surface area contributed by atoms with Crippen LogP contribution in [0.25, 0.3) is 0 Å². The first kappa shape index (κ1) is 20.6. The average Bonchev–Trinajstić information content (AvgIpc) is 2.70. The molecule has 1 aliphatic rings. The van der Waals surface area contributed by atoms with Crippen molar-refractivity contribution in [2.24, 2.45) is 0 Å². The van der Waals surface area contributed by atoms with E-state index in [0.29, 0.717) is 11.4 Å². The first-order valence-electron chi connectivity index (χ1n) is 10.1. The first-order chi connectivity index (χ1) is 13.9. The summed E-state index contributed by atoms with van der Waals surface area (Å²) in [4.78, 5) is 37.5. The number of nitrogens with one attached hydrogen (secondary N) is 3. The largest absolute Gasteiger partial charge is 0.352 e. The van der Waals surface area contributed by atoms with Gasteiger partial charge < -0.3 is 20.5 Å². The highest BCUT2D eigenvalue weighted by Crippen LogP contribution is 2.17. The molecule has 1 saturated carbocycles. The molecule has 1 aliphatic carbocycles. The minimum atomic E-state index is -0.506. The summed E-state index contributed by atoms with van der Waals surface area (Å²) in [5, 5.41) is 8.30. The summed E-state index contributed by atoms with van der Waals surface area (Å²) in [5.74, 6) is -0.177. The molecular weight excluding hydrogens is 368 g/mol. The highest BCUT2D eigenvalue weighted by molar-refractivity contribution is 5.99. The van der Waals surface area contributed by atoms with E-state index in [4.69, 9.17) is 0 Å². The van der Waals surface area contributed by atoms with E-state index in [-0.39, 0.29) is 24.2 Å². The van der Waals surface area contributed by atoms with E-state index in [1.807, 2.05) is 19.1 Å². The number of rotatable bonds is 5. The van der Waals surface area contributed by atoms with Crippen LogP contribution in [0.15, 0.2) is 41.2 Å². The minimum Gasteiger partial charge on any atom is -0.352 e. The molecule has 0 atom stereocenters. The topological polar surface area (TPSA) is 92.2 Å². The molecule has 1 fully saturated rings. The summed E-state index contributed by atoms with van der Waals surface area (Å²) in [7, 11) is 0. The van der Waals surface area contributed by atoms with E-state index in [0.717, 1.165) is 31.2 Å². The fourth-order valence-corrected chi connectivity index (χ4v) is 3.55. The predicted molar refractivity (Wildman–Crippen MR) is 114 cm³/mol. The van der Waals surface area contributed by atoms with E-state index < -0.39 is 11.6 Å². The third-order valence-electron chi connectivity index (χ3n) is 5.22. The zero-order valence-electron chi connectivity index (χ0n) is 17.0. The number of anilines is 2. The van der Waals surface area contributed by atoms with Gasteiger partial charge in [0.2, 0.25) is 5.91 Å². The molecule has 0 spiro atoms. The van der Waals surface area contributed by atoms with E-state index >= 15 is 0 Å². The van der Waals surface area contributed by atoms with Crippen LogP contribution in [0.1, 0.15) is 43.4 Å². The van der Waals surface area contributed by atoms with E-state index in [1.54, 1.807) is 31.2 Å². The number of aryl methyl sites for hydroxylation is 2. The SMILES string of the molecule is Cc1ccc(NC(=O)Nc2ccc(C)n(CC(=O)NC3CCCCC3)c2=O)cc1. The lowest BCUT2D eigenvalue weighted by Gasteiger charge is -2.23. The Morgan fingerprint density at radius 3 is 2.34 bits per heavy atom. The van der Waals surface area contributed by atoms with Crippen molar-refractivity contribution in [2.75, 3.05) is 10.6 Å². The monoisotopic (exact) mass is 396 g/mol. The summed E-state index contributed by atoms with van der Waals surface area (Å²) in [6.45, 7) is 3.67. The van der Waals surface area contributed by atoms with Gasteiger partial charge >= 0.3 is 6.03 Å². The van der Waals surface area contributed by atoms with Gasteiger partial charge in [-0.05, 0) is 51.0 Å². The number of urea groups is 1. The normalized spacial score (nSPS) is 14.3. The third kappa shape index (κ3) is 5.70. The van der Waals surface area contributed by atoms with Crippen molar-refractivity contribution < 1.29 is 9.59 Å². The van der Waals surface area contributed by atoms with Crippen LogP contribution in [0.4, 0.5) is 16.2 Å². The van der Waals surface area contributed by atoms with Crippen molar-refractivity contribution in [1.82, 2.24) is 9.88 Å². The molecule has 3 N–H and O–H groups in total. The van der Waals surface area contributed by atoms with Gasteiger partial charge in [-0.15, -0.1) is 0 Å². The van der Waals surface area contributed by atoms with Gasteiger partial charge in [0.1, 0.15) is 12.2 Å². The Kier molecular flexibility index (Phi) is 6.69. The number of carbonyl (C=O) groups excluding carboxylic acids is 2. The highest BCUT2D eigenvalue weighted by Gasteiger charge is 2.17. The van der Waals surface area contributed by atoms with Gasteiger partial charge in [-0.25, -0.2) is 4.79 Å². The van der Waals surface area contributed by atoms with Crippen molar-refractivity contribution in [2.45, 2.75) is 58.5 Å². The van der Waals surface area contributed by atoms with Crippen LogP contribution in [-0.2, 0) is 11.3 Å². The second-order valence-corrected chi connectivity index (χ2v) is 7.63. The maximum Gasteiger partial charge on any atom is 0.323 e. The van der Waals surface area contributed by atoms with Crippen LogP contribution in [0.5, 0.6) is 0 Å². The molecule has 154 valence electrons. The number of hydrogen-bond donors (Lipinski definition) is 3. The van der Waals surface area contributed by atoms with Crippen molar-refractivity contribution in [3.63, 3.8) is 0 Å². The van der Waals surface area contributed by atoms with Gasteiger partial charge in [-0.2, -0.15) is 0 Å². The maximum absolute atomic E-state index is 12.8. The molecule has 1 aromatic heterocycles. The second kappa shape index (κ2) is 9.41. The van der Waals surface area contributed by atoms with Crippen LogP contribution in [0.3, 0.4) is 0 Å². The summed E-state index contributed by atoms with van der Waals surface area (Å²) in [6, 6.07) is 10.3. The molecular formula is C22H28N4O3. The molecule has 3 rings (SSSR count). The van der Waals surface area contributed by atoms with Gasteiger partial charge in [0.25, 0.3) is 5.56 Å². The molecule has 0 saturated heterocycles. The number of hydrogen-bond acceptors (Lipinski definition) is 3. The molecule has 0 radical (unpaired) electrons. The van der Waals surface area contributed by atoms with Gasteiger partial charge in [-0.1, -0.05) is 37.0 Å². The molecule has 7 nitrogen and oxygen atoms in total. The zero-order valence-corrected chi connectivity index (χ0v) is 17.0. The molecule has 0 unspecified atom stereocenters. The number of carbonyl (C=O) groups is 2. The molecule has 1 heterocycles. The predicted octanol–water partition coefficient (Wildman–Crippen LogP) is 3.56. The lowest BCUT2D eigenvalue weighted by atomic mass is 9.95. The quantitative estimate of drug-likeness (QED) is 0.722. The lowest BCUT2D eigenvalue weighted by molar-refractivity contribution is -0.122. The molecule has 1 aromatic carbocycles. The van der Waals surface area contributed by atoms with E-state index in [9.17, 15) is 14.4 Å². The summed E-state index contributed by atoms with van der Waals surface area (Å²) in [6.07, 6.45) is 5.43. The number of benzene rings is 1. The van der Waals surface area contributed by atoms with Crippen molar-refractivity contribution in [1.29, 1.82) is 0 Å². The van der Waals surface area contributed by atoms with Crippen LogP contribution in [0.2, 0.25) is 0 Å². The molecule has 29 heavy (non-hydrogen) atoms. The smallest absolute Gasteiger partial charge is 0.323 e. The number of aromatic nitrogens is 1. The van der Waals surface area contributed by atoms with Gasteiger partial charge in [0.05, 0.1) is 0 Å². The number of pyridine rings is 1. The summed E-state index contributed by atoms with van der Waals surface area (Å²) < 4.78 is 1.39. The highest BCUT2D eigenvalue weighted by atomic mass is 16.2. The maximum atomic E-state index is 12.8. The Labute approximate surface area is 170 Å². The second-order valence-electron chi connectivity index (χ2n) is 7.63. The van der Waals surface area contributed by atoms with Crippen molar-refractivity contribution in [3.05, 3.63) is 58.0 Å². The van der Waals surface area contributed by atoms with Crippen molar-refractivity contribution in [3.8, 4) is 0 Å². The molecule has 0 aliphatic heterocycles. The molecule has 0 bridgehead atoms. The lowest BCUT2D eigenvalue weighted by Crippen LogP contribution is -2.40. The van der Waals surface area contributed by atoms with Gasteiger partial charge in [-0.3, -0.25) is 9.59 Å². The molecule has 2 aromatic rings. The first-order valence-corrected chi connectivity index (χ1v) is 10.1. The standard InChI is InChI=1S/C22H28N4O3/c1-15-8-11-18(12-9-15)24-22(29)25-19-13-10-16(2)26(21(19)28)14-20(27)23-17-6-4-3-5-7-17/h8-13,17H,3-7,14H2,1-2H3,(H,23,27)(H2,24,25,29). The Balaban J connectivity index is 1.66. The number of nitrogens with zero attached hydrogens (tertiary/aromatic N) is 1. The van der Waals surface area contributed by atoms with Gasteiger partial charge in [0.15, 0.2) is 0 Å². The Bertz CT molecular complexity index is 928. The summed E-state index contributed by atoms with van der Waals surface area (Å²) in [5.41, 5.74) is 2.11. The molecule has 3 amide bonds. The fraction of sp³-hybridized carbons (Fsp3) is 0.409.